The van der Waals surface area contributed by atoms with E-state index in [1.807, 2.05) is 73.5 Å². The number of carbonyl (C=O) groups is 1. The van der Waals surface area contributed by atoms with E-state index >= 15 is 0 Å². The zero-order chi connectivity index (χ0) is 32.5. The molecular formula is C37H37ClN4O2S2. The number of fused-ring (bicyclic) bond motifs is 2. The normalized spacial score (nSPS) is 12.1. The highest BCUT2D eigenvalue weighted by atomic mass is 35.5. The number of benzene rings is 3. The van der Waals surface area contributed by atoms with E-state index < -0.39 is 5.41 Å². The molecule has 9 heteroatoms. The molecule has 0 spiro atoms. The van der Waals surface area contributed by atoms with Crippen molar-refractivity contribution < 1.29 is 9.53 Å². The lowest BCUT2D eigenvalue weighted by Crippen LogP contribution is -2.33. The summed E-state index contributed by atoms with van der Waals surface area (Å²) in [6.07, 6.45) is 2.23. The molecule has 0 radical (unpaired) electrons. The smallest absolute Gasteiger partial charge is 0.232 e. The molecule has 3 aromatic heterocycles. The number of pyridine rings is 1. The van der Waals surface area contributed by atoms with Gasteiger partial charge in [-0.05, 0) is 48.0 Å². The quantitative estimate of drug-likeness (QED) is 0.147. The summed E-state index contributed by atoms with van der Waals surface area (Å²) in [5.74, 6) is 0.707. The van der Waals surface area contributed by atoms with E-state index in [1.54, 1.807) is 6.20 Å². The number of hydrogen-bond donors (Lipinski definition) is 1. The van der Waals surface area contributed by atoms with Crippen molar-refractivity contribution in [1.82, 2.24) is 14.5 Å². The van der Waals surface area contributed by atoms with Gasteiger partial charge >= 0.3 is 0 Å². The second-order valence-corrected chi connectivity index (χ2v) is 16.2. The molecule has 1 amide bonds. The van der Waals surface area contributed by atoms with Crippen LogP contribution in [0.2, 0.25) is 5.02 Å². The summed E-state index contributed by atoms with van der Waals surface area (Å²) in [6.45, 7) is 11.6. The number of aromatic nitrogens is 3. The zero-order valence-electron chi connectivity index (χ0n) is 26.6. The Hall–Kier alpha value is -3.85. The maximum absolute atomic E-state index is 13.6. The maximum Gasteiger partial charge on any atom is 0.232 e. The van der Waals surface area contributed by atoms with Gasteiger partial charge in [0.25, 0.3) is 0 Å². The fraction of sp³-hybridized carbons (Fsp3) is 0.270. The lowest BCUT2D eigenvalue weighted by Gasteiger charge is -2.26. The molecule has 0 saturated carbocycles. The van der Waals surface area contributed by atoms with Crippen LogP contribution in [0.3, 0.4) is 0 Å². The van der Waals surface area contributed by atoms with E-state index in [4.69, 9.17) is 21.3 Å². The highest BCUT2D eigenvalue weighted by Crippen LogP contribution is 2.44. The van der Waals surface area contributed by atoms with Crippen molar-refractivity contribution >= 4 is 67.5 Å². The molecule has 6 nitrogen and oxygen atoms in total. The average molecular weight is 669 g/mol. The number of amides is 1. The largest absolute Gasteiger partial charge is 0.487 e. The number of thioether (sulfide) groups is 1. The Balaban J connectivity index is 1.41. The Morgan fingerprint density at radius 3 is 2.52 bits per heavy atom. The number of anilines is 1. The Bertz CT molecular complexity index is 1990. The first kappa shape index (κ1) is 32.1. The van der Waals surface area contributed by atoms with Crippen LogP contribution in [0.15, 0.2) is 95.3 Å². The second-order valence-electron chi connectivity index (χ2n) is 13.0. The van der Waals surface area contributed by atoms with Gasteiger partial charge in [-0.1, -0.05) is 82.6 Å². The van der Waals surface area contributed by atoms with E-state index in [0.29, 0.717) is 29.7 Å². The number of ether oxygens (including phenoxy) is 1. The minimum absolute atomic E-state index is 0.0654. The van der Waals surface area contributed by atoms with Crippen molar-refractivity contribution in [1.29, 1.82) is 0 Å². The molecule has 0 aliphatic rings. The molecule has 6 rings (SSSR count). The van der Waals surface area contributed by atoms with Gasteiger partial charge in [-0.3, -0.25) is 4.79 Å². The van der Waals surface area contributed by atoms with Crippen LogP contribution in [0.5, 0.6) is 5.75 Å². The molecule has 0 saturated heterocycles. The summed E-state index contributed by atoms with van der Waals surface area (Å²) < 4.78 is 8.62. The molecule has 3 aromatic carbocycles. The molecule has 6 aromatic rings. The Morgan fingerprint density at radius 1 is 1.00 bits per heavy atom. The van der Waals surface area contributed by atoms with Gasteiger partial charge in [0.2, 0.25) is 5.91 Å². The highest BCUT2D eigenvalue weighted by molar-refractivity contribution is 8.00. The van der Waals surface area contributed by atoms with Crippen LogP contribution in [-0.2, 0) is 24.4 Å². The van der Waals surface area contributed by atoms with Crippen LogP contribution in [0.25, 0.3) is 21.8 Å². The Labute approximate surface area is 283 Å². The summed E-state index contributed by atoms with van der Waals surface area (Å²) in [7, 11) is 0. The van der Waals surface area contributed by atoms with Gasteiger partial charge in [0.15, 0.2) is 5.13 Å². The van der Waals surface area contributed by atoms with Crippen LogP contribution in [-0.4, -0.2) is 25.2 Å². The van der Waals surface area contributed by atoms with Crippen molar-refractivity contribution in [2.45, 2.75) is 63.8 Å². The third kappa shape index (κ3) is 7.41. The Morgan fingerprint density at radius 2 is 1.78 bits per heavy atom. The molecule has 46 heavy (non-hydrogen) atoms. The van der Waals surface area contributed by atoms with Gasteiger partial charge in [0, 0.05) is 66.6 Å². The number of halogens is 1. The monoisotopic (exact) mass is 668 g/mol. The third-order valence-corrected chi connectivity index (χ3v) is 9.89. The van der Waals surface area contributed by atoms with Crippen molar-refractivity contribution in [3.63, 3.8) is 0 Å². The van der Waals surface area contributed by atoms with Crippen LogP contribution in [0.1, 0.15) is 51.6 Å². The third-order valence-electron chi connectivity index (χ3n) is 7.67. The van der Waals surface area contributed by atoms with E-state index in [0.717, 1.165) is 49.4 Å². The fourth-order valence-electron chi connectivity index (χ4n) is 5.39. The Kier molecular flexibility index (Phi) is 9.15. The maximum atomic E-state index is 13.6. The van der Waals surface area contributed by atoms with Crippen molar-refractivity contribution in [3.8, 4) is 5.75 Å². The summed E-state index contributed by atoms with van der Waals surface area (Å²) in [5, 5.41) is 8.40. The highest BCUT2D eigenvalue weighted by Gasteiger charge is 2.33. The minimum Gasteiger partial charge on any atom is -0.487 e. The lowest BCUT2D eigenvalue weighted by molar-refractivity contribution is -0.124. The number of nitrogens with one attached hydrogen (secondary N) is 1. The molecule has 0 bridgehead atoms. The lowest BCUT2D eigenvalue weighted by atomic mass is 9.86. The summed E-state index contributed by atoms with van der Waals surface area (Å²) in [6, 6.07) is 26.4. The van der Waals surface area contributed by atoms with E-state index in [-0.39, 0.29) is 10.7 Å². The predicted octanol–water partition coefficient (Wildman–Crippen LogP) is 10.0. The molecule has 0 unspecified atom stereocenters. The molecule has 1 N–H and O–H groups in total. The SMILES string of the molecule is CC(C)(C)Sc1c(CC(C)(C)C(=O)Nc2nccs2)n(Cc2ccc(Cl)cc2)c2ccc(OCc3ccc4ccccc4n3)cc12. The van der Waals surface area contributed by atoms with Gasteiger partial charge in [0.1, 0.15) is 12.4 Å². The van der Waals surface area contributed by atoms with Gasteiger partial charge < -0.3 is 14.6 Å². The number of nitrogens with zero attached hydrogens (tertiary/aromatic N) is 3. The van der Waals surface area contributed by atoms with Gasteiger partial charge in [-0.25, -0.2) is 9.97 Å². The van der Waals surface area contributed by atoms with Gasteiger partial charge in [0.05, 0.1) is 11.2 Å². The van der Waals surface area contributed by atoms with E-state index in [9.17, 15) is 4.79 Å². The molecule has 236 valence electrons. The molecule has 0 fully saturated rings. The number of para-hydroxylation sites is 1. The van der Waals surface area contributed by atoms with Gasteiger partial charge in [-0.2, -0.15) is 0 Å². The molecular weight excluding hydrogens is 632 g/mol. The zero-order valence-corrected chi connectivity index (χ0v) is 29.0. The van der Waals surface area contributed by atoms with E-state index in [2.05, 4.69) is 72.0 Å². The minimum atomic E-state index is -0.716. The van der Waals surface area contributed by atoms with Crippen LogP contribution >= 0.6 is 34.7 Å². The van der Waals surface area contributed by atoms with Crippen molar-refractivity contribution in [2.24, 2.45) is 5.41 Å². The van der Waals surface area contributed by atoms with Crippen LogP contribution in [0.4, 0.5) is 5.13 Å². The summed E-state index contributed by atoms with van der Waals surface area (Å²) in [4.78, 5) is 23.8. The predicted molar refractivity (Wildman–Crippen MR) is 192 cm³/mol. The molecule has 3 heterocycles. The number of rotatable bonds is 10. The van der Waals surface area contributed by atoms with Gasteiger partial charge in [-0.15, -0.1) is 23.1 Å². The summed E-state index contributed by atoms with van der Waals surface area (Å²) in [5.41, 5.74) is 4.43. The number of hydrogen-bond acceptors (Lipinski definition) is 6. The van der Waals surface area contributed by atoms with Crippen molar-refractivity contribution in [3.05, 3.63) is 112 Å². The van der Waals surface area contributed by atoms with Crippen molar-refractivity contribution in [2.75, 3.05) is 5.32 Å². The molecule has 0 atom stereocenters. The van der Waals surface area contributed by atoms with Crippen LogP contribution < -0.4 is 10.1 Å². The fourth-order valence-corrected chi connectivity index (χ4v) is 7.23. The number of carbonyl (C=O) groups excluding carboxylic acids is 1. The van der Waals surface area contributed by atoms with Crippen LogP contribution in [0, 0.1) is 5.41 Å². The first-order valence-electron chi connectivity index (χ1n) is 15.2. The number of thiazole rings is 1. The average Bonchev–Trinajstić information content (AvgIpc) is 3.62. The molecule has 0 aliphatic heterocycles. The second kappa shape index (κ2) is 13.1. The summed E-state index contributed by atoms with van der Waals surface area (Å²) >= 11 is 9.48. The first-order chi connectivity index (χ1) is 21.9. The standard InChI is InChI=1S/C37H37ClN4O2S2/c1-36(2,3)46-33-29-20-28(44-23-27-15-12-25-8-6-7-9-30(25)40-27)16-17-31(29)42(22-24-10-13-26(38)14-11-24)32(33)21-37(4,5)34(43)41-35-39-18-19-45-35/h6-20H,21-23H2,1-5H3,(H,39,41,43). The molecule has 0 aliphatic carbocycles. The topological polar surface area (TPSA) is 69.0 Å². The van der Waals surface area contributed by atoms with E-state index in [1.165, 1.54) is 11.3 Å². The first-order valence-corrected chi connectivity index (χ1v) is 17.3.